The van der Waals surface area contributed by atoms with Crippen molar-refractivity contribution in [1.29, 1.82) is 0 Å². The standard InChI is InChI=1S/C18H27NO4/c1-3-13-22-16-11-8-12-19(17(16)20)15(4-2)18(21)23-14-9-6-5-7-10-14/h8,11-12,14-15H,3-7,9-10,13H2,1-2H3. The normalized spacial score (nSPS) is 16.8. The molecule has 0 spiro atoms. The predicted molar refractivity (Wildman–Crippen MR) is 88.8 cm³/mol. The molecule has 2 rings (SSSR count). The van der Waals surface area contributed by atoms with Crippen molar-refractivity contribution in [2.75, 3.05) is 6.61 Å². The lowest BCUT2D eigenvalue weighted by molar-refractivity contribution is -0.154. The number of aromatic nitrogens is 1. The highest BCUT2D eigenvalue weighted by atomic mass is 16.5. The molecule has 128 valence electrons. The zero-order chi connectivity index (χ0) is 16.7. The van der Waals surface area contributed by atoms with Crippen LogP contribution in [0.5, 0.6) is 5.75 Å². The summed E-state index contributed by atoms with van der Waals surface area (Å²) in [6.07, 6.45) is 8.26. The summed E-state index contributed by atoms with van der Waals surface area (Å²) in [5.74, 6) is -0.0209. The van der Waals surface area contributed by atoms with Crippen LogP contribution in [-0.4, -0.2) is 23.2 Å². The van der Waals surface area contributed by atoms with Crippen LogP contribution >= 0.6 is 0 Å². The molecular formula is C18H27NO4. The molecule has 5 heteroatoms. The van der Waals surface area contributed by atoms with E-state index in [0.717, 1.165) is 32.1 Å². The number of carbonyl (C=O) groups excluding carboxylic acids is 1. The van der Waals surface area contributed by atoms with Gasteiger partial charge in [0.15, 0.2) is 5.75 Å². The van der Waals surface area contributed by atoms with Crippen molar-refractivity contribution in [3.8, 4) is 5.75 Å². The molecule has 1 aromatic heterocycles. The first-order valence-corrected chi connectivity index (χ1v) is 8.71. The summed E-state index contributed by atoms with van der Waals surface area (Å²) in [6.45, 7) is 4.36. The first kappa shape index (κ1) is 17.6. The minimum Gasteiger partial charge on any atom is -0.488 e. The Morgan fingerprint density at radius 3 is 2.70 bits per heavy atom. The maximum absolute atomic E-state index is 12.5. The van der Waals surface area contributed by atoms with Gasteiger partial charge in [-0.05, 0) is 50.7 Å². The van der Waals surface area contributed by atoms with Gasteiger partial charge in [-0.2, -0.15) is 0 Å². The van der Waals surface area contributed by atoms with Crippen LogP contribution in [-0.2, 0) is 9.53 Å². The molecule has 1 saturated carbocycles. The lowest BCUT2D eigenvalue weighted by atomic mass is 9.98. The number of carbonyl (C=O) groups is 1. The molecular weight excluding hydrogens is 294 g/mol. The average Bonchev–Trinajstić information content (AvgIpc) is 2.57. The third-order valence-electron chi connectivity index (χ3n) is 4.23. The van der Waals surface area contributed by atoms with E-state index in [0.29, 0.717) is 18.8 Å². The van der Waals surface area contributed by atoms with Gasteiger partial charge in [0.25, 0.3) is 5.56 Å². The van der Waals surface area contributed by atoms with Gasteiger partial charge < -0.3 is 9.47 Å². The highest BCUT2D eigenvalue weighted by Gasteiger charge is 2.26. The monoisotopic (exact) mass is 321 g/mol. The van der Waals surface area contributed by atoms with Gasteiger partial charge >= 0.3 is 5.97 Å². The topological polar surface area (TPSA) is 57.5 Å². The fourth-order valence-corrected chi connectivity index (χ4v) is 2.96. The molecule has 0 amide bonds. The number of rotatable bonds is 7. The highest BCUT2D eigenvalue weighted by Crippen LogP contribution is 2.23. The first-order chi connectivity index (χ1) is 11.2. The number of esters is 1. The van der Waals surface area contributed by atoms with Crippen molar-refractivity contribution in [3.63, 3.8) is 0 Å². The molecule has 1 atom stereocenters. The van der Waals surface area contributed by atoms with Crippen LogP contribution in [0.25, 0.3) is 0 Å². The minimum atomic E-state index is -0.588. The fraction of sp³-hybridized carbons (Fsp3) is 0.667. The van der Waals surface area contributed by atoms with Gasteiger partial charge in [0.1, 0.15) is 12.1 Å². The average molecular weight is 321 g/mol. The van der Waals surface area contributed by atoms with Gasteiger partial charge in [-0.1, -0.05) is 20.3 Å². The SMILES string of the molecule is CCCOc1cccn(C(CC)C(=O)OC2CCCCC2)c1=O. The quantitative estimate of drug-likeness (QED) is 0.722. The van der Waals surface area contributed by atoms with E-state index in [1.807, 2.05) is 13.8 Å². The van der Waals surface area contributed by atoms with Crippen molar-refractivity contribution in [2.24, 2.45) is 0 Å². The zero-order valence-electron chi connectivity index (χ0n) is 14.1. The summed E-state index contributed by atoms with van der Waals surface area (Å²) in [7, 11) is 0. The fourth-order valence-electron chi connectivity index (χ4n) is 2.96. The Morgan fingerprint density at radius 1 is 1.30 bits per heavy atom. The number of hydrogen-bond acceptors (Lipinski definition) is 4. The van der Waals surface area contributed by atoms with Crippen molar-refractivity contribution in [1.82, 2.24) is 4.57 Å². The molecule has 0 aromatic carbocycles. The van der Waals surface area contributed by atoms with Crippen molar-refractivity contribution >= 4 is 5.97 Å². The van der Waals surface area contributed by atoms with E-state index in [2.05, 4.69) is 0 Å². The molecule has 1 unspecified atom stereocenters. The second-order valence-corrected chi connectivity index (χ2v) is 6.05. The summed E-state index contributed by atoms with van der Waals surface area (Å²) in [5, 5.41) is 0. The van der Waals surface area contributed by atoms with Crippen LogP contribution in [0.4, 0.5) is 0 Å². The van der Waals surface area contributed by atoms with Gasteiger partial charge in [0.2, 0.25) is 0 Å². The molecule has 0 saturated heterocycles. The van der Waals surface area contributed by atoms with Gasteiger partial charge in [0.05, 0.1) is 6.61 Å². The van der Waals surface area contributed by atoms with E-state index in [9.17, 15) is 9.59 Å². The van der Waals surface area contributed by atoms with Crippen LogP contribution in [0.2, 0.25) is 0 Å². The third-order valence-corrected chi connectivity index (χ3v) is 4.23. The number of pyridine rings is 1. The van der Waals surface area contributed by atoms with Crippen LogP contribution < -0.4 is 10.3 Å². The molecule has 1 aromatic rings. The lowest BCUT2D eigenvalue weighted by Crippen LogP contribution is -2.33. The molecule has 0 N–H and O–H groups in total. The Bertz CT molecular complexity index is 560. The lowest BCUT2D eigenvalue weighted by Gasteiger charge is -2.25. The Labute approximate surface area is 137 Å². The summed E-state index contributed by atoms with van der Waals surface area (Å²) < 4.78 is 12.5. The third kappa shape index (κ3) is 4.60. The van der Waals surface area contributed by atoms with Gasteiger partial charge in [-0.25, -0.2) is 4.79 Å². The maximum atomic E-state index is 12.5. The Balaban J connectivity index is 2.13. The zero-order valence-corrected chi connectivity index (χ0v) is 14.1. The highest BCUT2D eigenvalue weighted by molar-refractivity contribution is 5.74. The summed E-state index contributed by atoms with van der Waals surface area (Å²) in [4.78, 5) is 25.0. The van der Waals surface area contributed by atoms with E-state index in [4.69, 9.17) is 9.47 Å². The predicted octanol–water partition coefficient (Wildman–Crippen LogP) is 3.46. The molecule has 23 heavy (non-hydrogen) atoms. The number of ether oxygens (including phenoxy) is 2. The molecule has 1 fully saturated rings. The molecule has 5 nitrogen and oxygen atoms in total. The van der Waals surface area contributed by atoms with Gasteiger partial charge in [-0.15, -0.1) is 0 Å². The van der Waals surface area contributed by atoms with E-state index in [-0.39, 0.29) is 17.6 Å². The summed E-state index contributed by atoms with van der Waals surface area (Å²) >= 11 is 0. The van der Waals surface area contributed by atoms with E-state index >= 15 is 0 Å². The van der Waals surface area contributed by atoms with Gasteiger partial charge in [-0.3, -0.25) is 9.36 Å². The van der Waals surface area contributed by atoms with Crippen LogP contribution in [0.1, 0.15) is 64.8 Å². The summed E-state index contributed by atoms with van der Waals surface area (Å²) in [6, 6.07) is 2.80. The largest absolute Gasteiger partial charge is 0.488 e. The molecule has 1 aliphatic rings. The van der Waals surface area contributed by atoms with Crippen molar-refractivity contribution in [2.45, 2.75) is 70.9 Å². The smallest absolute Gasteiger partial charge is 0.329 e. The van der Waals surface area contributed by atoms with E-state index in [1.165, 1.54) is 11.0 Å². The maximum Gasteiger partial charge on any atom is 0.329 e. The van der Waals surface area contributed by atoms with Crippen molar-refractivity contribution in [3.05, 3.63) is 28.7 Å². The Kier molecular flexibility index (Phi) is 6.68. The summed E-state index contributed by atoms with van der Waals surface area (Å²) in [5.41, 5.74) is -0.270. The second-order valence-electron chi connectivity index (χ2n) is 6.05. The Morgan fingerprint density at radius 2 is 2.04 bits per heavy atom. The second kappa shape index (κ2) is 8.75. The number of nitrogens with zero attached hydrogens (tertiary/aromatic N) is 1. The van der Waals surface area contributed by atoms with Gasteiger partial charge in [0, 0.05) is 6.20 Å². The van der Waals surface area contributed by atoms with Crippen LogP contribution in [0.3, 0.4) is 0 Å². The molecule has 0 radical (unpaired) electrons. The van der Waals surface area contributed by atoms with Crippen LogP contribution in [0, 0.1) is 0 Å². The molecule has 0 aliphatic heterocycles. The molecule has 1 heterocycles. The first-order valence-electron chi connectivity index (χ1n) is 8.71. The minimum absolute atomic E-state index is 0.000487. The van der Waals surface area contributed by atoms with E-state index in [1.54, 1.807) is 18.3 Å². The van der Waals surface area contributed by atoms with E-state index < -0.39 is 6.04 Å². The van der Waals surface area contributed by atoms with Crippen LogP contribution in [0.15, 0.2) is 23.1 Å². The van der Waals surface area contributed by atoms with Crippen molar-refractivity contribution < 1.29 is 14.3 Å². The molecule has 1 aliphatic carbocycles. The molecule has 0 bridgehead atoms. The Hall–Kier alpha value is -1.78. The number of hydrogen-bond donors (Lipinski definition) is 0.